The molecule has 0 atom stereocenters. The van der Waals surface area contributed by atoms with E-state index in [0.717, 1.165) is 0 Å². The smallest absolute Gasteiger partial charge is 0.0353 e. The predicted molar refractivity (Wildman–Crippen MR) is 156 cm³/mol. The Balaban J connectivity index is 0.000000154. The molecule has 0 fully saturated rings. The van der Waals surface area contributed by atoms with Crippen molar-refractivity contribution >= 4 is 32.3 Å². The first-order chi connectivity index (χ1) is 17.2. The fourth-order valence-electron chi connectivity index (χ4n) is 4.93. The van der Waals surface area contributed by atoms with E-state index in [4.69, 9.17) is 0 Å². The highest BCUT2D eigenvalue weighted by molar-refractivity contribution is 6.22. The van der Waals surface area contributed by atoms with Gasteiger partial charge in [0, 0.05) is 5.41 Å². The summed E-state index contributed by atoms with van der Waals surface area (Å²) in [6.45, 7) is 8.34. The van der Waals surface area contributed by atoms with Crippen LogP contribution in [0.15, 0.2) is 133 Å². The van der Waals surface area contributed by atoms with Gasteiger partial charge in [-0.1, -0.05) is 147 Å². The molecule has 0 amide bonds. The van der Waals surface area contributed by atoms with Gasteiger partial charge in [-0.2, -0.15) is 0 Å². The molecule has 35 heavy (non-hydrogen) atoms. The van der Waals surface area contributed by atoms with E-state index in [1.165, 1.54) is 43.4 Å². The van der Waals surface area contributed by atoms with Crippen LogP contribution >= 0.6 is 0 Å². The quantitative estimate of drug-likeness (QED) is 0.184. The molecule has 0 aromatic heterocycles. The van der Waals surface area contributed by atoms with Gasteiger partial charge in [0.05, 0.1) is 0 Å². The van der Waals surface area contributed by atoms with Crippen molar-refractivity contribution < 1.29 is 0 Å². The van der Waals surface area contributed by atoms with Gasteiger partial charge in [-0.25, -0.2) is 0 Å². The van der Waals surface area contributed by atoms with Crippen LogP contribution in [0.25, 0.3) is 32.3 Å². The fraction of sp³-hybridized carbons (Fsp3) is 0.143. The molecule has 0 saturated carbocycles. The zero-order valence-corrected chi connectivity index (χ0v) is 21.2. The molecule has 6 aromatic rings. The second-order valence-corrected chi connectivity index (χ2v) is 8.72. The van der Waals surface area contributed by atoms with E-state index in [1.807, 2.05) is 13.8 Å². The van der Waals surface area contributed by atoms with Gasteiger partial charge in [-0.3, -0.25) is 0 Å². The van der Waals surface area contributed by atoms with Crippen LogP contribution in [0.1, 0.15) is 38.8 Å². The van der Waals surface area contributed by atoms with Crippen molar-refractivity contribution in [1.29, 1.82) is 0 Å². The van der Waals surface area contributed by atoms with Crippen molar-refractivity contribution in [3.8, 4) is 0 Å². The molecule has 0 heteroatoms. The van der Waals surface area contributed by atoms with E-state index in [-0.39, 0.29) is 5.41 Å². The van der Waals surface area contributed by atoms with E-state index in [9.17, 15) is 0 Å². The Bertz CT molecular complexity index is 1340. The molecular weight excluding hydrogens is 420 g/mol. The average molecular weight is 455 g/mol. The first kappa shape index (κ1) is 24.2. The summed E-state index contributed by atoms with van der Waals surface area (Å²) in [5.41, 5.74) is 2.60. The maximum absolute atomic E-state index is 2.26. The molecule has 0 spiro atoms. The van der Waals surface area contributed by atoms with Gasteiger partial charge >= 0.3 is 0 Å². The lowest BCUT2D eigenvalue weighted by Gasteiger charge is -2.27. The highest BCUT2D eigenvalue weighted by Gasteiger charge is 2.24. The molecule has 6 aromatic carbocycles. The average Bonchev–Trinajstić information content (AvgIpc) is 2.94. The SMILES string of the molecule is C/C=C/C(C)(c1ccccc1)c1ccccc1.CC.c1cc2ccc3cccc4ccc(c1)c2c34. The number of hydrogen-bond acceptors (Lipinski definition) is 0. The molecular formula is C35H34. The zero-order chi connectivity index (χ0) is 24.7. The molecule has 0 aliphatic carbocycles. The second kappa shape index (κ2) is 11.0. The summed E-state index contributed by atoms with van der Waals surface area (Å²) < 4.78 is 0. The van der Waals surface area contributed by atoms with Crippen LogP contribution in [-0.4, -0.2) is 0 Å². The van der Waals surface area contributed by atoms with Gasteiger partial charge in [-0.05, 0) is 57.3 Å². The van der Waals surface area contributed by atoms with Crippen molar-refractivity contribution in [3.63, 3.8) is 0 Å². The maximum Gasteiger partial charge on any atom is 0.0353 e. The number of hydrogen-bond donors (Lipinski definition) is 0. The Morgan fingerprint density at radius 3 is 1.11 bits per heavy atom. The molecule has 0 nitrogen and oxygen atoms in total. The van der Waals surface area contributed by atoms with Crippen LogP contribution in [0.2, 0.25) is 0 Å². The monoisotopic (exact) mass is 454 g/mol. The Labute approximate surface area is 209 Å². The normalized spacial score (nSPS) is 11.3. The number of allylic oxidation sites excluding steroid dienone is 2. The Morgan fingerprint density at radius 2 is 0.800 bits per heavy atom. The summed E-state index contributed by atoms with van der Waals surface area (Å²) in [4.78, 5) is 0. The first-order valence-electron chi connectivity index (χ1n) is 12.6. The minimum absolute atomic E-state index is 0.0444. The van der Waals surface area contributed by atoms with E-state index < -0.39 is 0 Å². The molecule has 0 saturated heterocycles. The third-order valence-electron chi connectivity index (χ3n) is 6.64. The van der Waals surface area contributed by atoms with Crippen molar-refractivity contribution in [2.75, 3.05) is 0 Å². The molecule has 0 aliphatic heterocycles. The molecule has 0 aliphatic rings. The van der Waals surface area contributed by atoms with Crippen LogP contribution in [0.3, 0.4) is 0 Å². The standard InChI is InChI=1S/C17H18.C16H10.C2H6/c1-3-14-17(2,15-10-6-4-7-11-15)16-12-8-5-9-13-16;1-3-11-7-9-13-5-2-6-14-10-8-12(4-1)15(11)16(13)14;1-2/h3-14H,1-2H3;1-10H;1-2H3/b14-3+;;. The van der Waals surface area contributed by atoms with E-state index in [1.54, 1.807) is 0 Å². The largest absolute Gasteiger partial charge is 0.0905 e. The highest BCUT2D eigenvalue weighted by Crippen LogP contribution is 2.34. The predicted octanol–water partition coefficient (Wildman–Crippen LogP) is 10.2. The van der Waals surface area contributed by atoms with Gasteiger partial charge in [0.1, 0.15) is 0 Å². The van der Waals surface area contributed by atoms with Crippen molar-refractivity contribution in [1.82, 2.24) is 0 Å². The maximum atomic E-state index is 2.26. The lowest BCUT2D eigenvalue weighted by Crippen LogP contribution is -2.20. The summed E-state index contributed by atoms with van der Waals surface area (Å²) >= 11 is 0. The molecule has 174 valence electrons. The van der Waals surface area contributed by atoms with Gasteiger partial charge in [0.25, 0.3) is 0 Å². The fourth-order valence-corrected chi connectivity index (χ4v) is 4.93. The van der Waals surface area contributed by atoms with Crippen molar-refractivity contribution in [3.05, 3.63) is 145 Å². The highest BCUT2D eigenvalue weighted by atomic mass is 14.3. The van der Waals surface area contributed by atoms with E-state index in [2.05, 4.69) is 147 Å². The second-order valence-electron chi connectivity index (χ2n) is 8.72. The van der Waals surface area contributed by atoms with Crippen LogP contribution in [0, 0.1) is 0 Å². The van der Waals surface area contributed by atoms with Gasteiger partial charge in [0.2, 0.25) is 0 Å². The van der Waals surface area contributed by atoms with Crippen LogP contribution in [0.5, 0.6) is 0 Å². The van der Waals surface area contributed by atoms with Crippen LogP contribution < -0.4 is 0 Å². The minimum atomic E-state index is -0.0444. The van der Waals surface area contributed by atoms with Crippen molar-refractivity contribution in [2.45, 2.75) is 33.1 Å². The summed E-state index contributed by atoms with van der Waals surface area (Å²) in [5.74, 6) is 0. The molecule has 0 radical (unpaired) electrons. The topological polar surface area (TPSA) is 0 Å². The Morgan fingerprint density at radius 1 is 0.457 bits per heavy atom. The minimum Gasteiger partial charge on any atom is -0.0905 e. The molecule has 0 bridgehead atoms. The molecule has 0 unspecified atom stereocenters. The lowest BCUT2D eigenvalue weighted by atomic mass is 9.76. The first-order valence-corrected chi connectivity index (χ1v) is 12.6. The van der Waals surface area contributed by atoms with Gasteiger partial charge in [-0.15, -0.1) is 0 Å². The summed E-state index contributed by atoms with van der Waals surface area (Å²) in [6, 6.07) is 43.1. The Hall–Kier alpha value is -3.90. The van der Waals surface area contributed by atoms with E-state index >= 15 is 0 Å². The van der Waals surface area contributed by atoms with Crippen molar-refractivity contribution in [2.24, 2.45) is 0 Å². The number of rotatable bonds is 3. The summed E-state index contributed by atoms with van der Waals surface area (Å²) in [5, 5.41) is 8.14. The Kier molecular flexibility index (Phi) is 7.63. The molecule has 0 N–H and O–H groups in total. The van der Waals surface area contributed by atoms with Gasteiger partial charge < -0.3 is 0 Å². The lowest BCUT2D eigenvalue weighted by molar-refractivity contribution is 0.722. The zero-order valence-electron chi connectivity index (χ0n) is 21.2. The summed E-state index contributed by atoms with van der Waals surface area (Å²) in [7, 11) is 0. The molecule has 6 rings (SSSR count). The van der Waals surface area contributed by atoms with Crippen LogP contribution in [-0.2, 0) is 5.41 Å². The third kappa shape index (κ3) is 4.84. The van der Waals surface area contributed by atoms with Crippen LogP contribution in [0.4, 0.5) is 0 Å². The van der Waals surface area contributed by atoms with E-state index in [0.29, 0.717) is 0 Å². The number of benzene rings is 6. The molecule has 0 heterocycles. The van der Waals surface area contributed by atoms with Gasteiger partial charge in [0.15, 0.2) is 0 Å². The summed E-state index contributed by atoms with van der Waals surface area (Å²) in [6.07, 6.45) is 4.39. The third-order valence-corrected chi connectivity index (χ3v) is 6.64.